The number of amides is 2. The molecule has 0 aromatic rings. The molecule has 3 fully saturated rings. The number of rotatable bonds is 2. The van der Waals surface area contributed by atoms with E-state index >= 15 is 0 Å². The van der Waals surface area contributed by atoms with Gasteiger partial charge in [-0.05, 0) is 26.3 Å². The maximum atomic E-state index is 12.7. The van der Waals surface area contributed by atoms with Crippen LogP contribution in [0.25, 0.3) is 0 Å². The van der Waals surface area contributed by atoms with Crippen LogP contribution in [0.1, 0.15) is 25.7 Å². The van der Waals surface area contributed by atoms with Crippen molar-refractivity contribution in [2.75, 3.05) is 46.4 Å². The summed E-state index contributed by atoms with van der Waals surface area (Å²) < 4.78 is 5.77. The molecule has 0 aromatic heterocycles. The number of morpholine rings is 1. The molecule has 0 saturated carbocycles. The van der Waals surface area contributed by atoms with Crippen molar-refractivity contribution in [3.8, 4) is 0 Å². The summed E-state index contributed by atoms with van der Waals surface area (Å²) >= 11 is 0. The Bertz CT molecular complexity index is 415. The first-order chi connectivity index (χ1) is 10.1. The average Bonchev–Trinajstić information content (AvgIpc) is 2.60. The maximum Gasteiger partial charge on any atom is 0.245 e. The Labute approximate surface area is 126 Å². The molecule has 3 aliphatic rings. The minimum atomic E-state index is -0.227. The zero-order valence-corrected chi connectivity index (χ0v) is 12.8. The molecule has 0 N–H and O–H groups in total. The van der Waals surface area contributed by atoms with Gasteiger partial charge in [0.15, 0.2) is 0 Å². The van der Waals surface area contributed by atoms with E-state index in [0.717, 1.165) is 45.5 Å². The summed E-state index contributed by atoms with van der Waals surface area (Å²) in [5, 5.41) is 0. The van der Waals surface area contributed by atoms with Crippen molar-refractivity contribution in [2.24, 2.45) is 0 Å². The van der Waals surface area contributed by atoms with E-state index in [9.17, 15) is 9.59 Å². The van der Waals surface area contributed by atoms with Gasteiger partial charge in [0, 0.05) is 39.1 Å². The molecule has 2 unspecified atom stereocenters. The fourth-order valence-corrected chi connectivity index (χ4v) is 3.59. The van der Waals surface area contributed by atoms with Crippen molar-refractivity contribution in [1.29, 1.82) is 0 Å². The van der Waals surface area contributed by atoms with Gasteiger partial charge in [-0.2, -0.15) is 0 Å². The standard InChI is InChI=1S/C15H25N3O3/c1-16-8-9-21-12(10-16)11-17-7-5-14(19)18-6-3-2-4-13(18)15(17)20/h12-13H,2-11H2,1H3. The molecule has 3 heterocycles. The number of nitrogens with zero attached hydrogens (tertiary/aromatic N) is 3. The van der Waals surface area contributed by atoms with Crippen molar-refractivity contribution in [3.63, 3.8) is 0 Å². The van der Waals surface area contributed by atoms with Gasteiger partial charge in [-0.15, -0.1) is 0 Å². The second-order valence-electron chi connectivity index (χ2n) is 6.39. The lowest BCUT2D eigenvalue weighted by Gasteiger charge is -2.36. The van der Waals surface area contributed by atoms with Crippen LogP contribution in [0.3, 0.4) is 0 Å². The predicted octanol–water partition coefficient (Wildman–Crippen LogP) is -0.0696. The Morgan fingerprint density at radius 2 is 2.05 bits per heavy atom. The van der Waals surface area contributed by atoms with E-state index < -0.39 is 0 Å². The van der Waals surface area contributed by atoms with E-state index in [1.54, 1.807) is 4.90 Å². The van der Waals surface area contributed by atoms with Gasteiger partial charge in [0.2, 0.25) is 11.8 Å². The molecule has 2 atom stereocenters. The number of carbonyl (C=O) groups excluding carboxylic acids is 2. The molecule has 0 spiro atoms. The highest BCUT2D eigenvalue weighted by Crippen LogP contribution is 2.23. The molecule has 0 aromatic carbocycles. The molecule has 118 valence electrons. The van der Waals surface area contributed by atoms with Crippen LogP contribution < -0.4 is 0 Å². The van der Waals surface area contributed by atoms with Crippen LogP contribution in [0.15, 0.2) is 0 Å². The third kappa shape index (κ3) is 3.21. The first-order valence-corrected chi connectivity index (χ1v) is 8.03. The van der Waals surface area contributed by atoms with Gasteiger partial charge in [-0.3, -0.25) is 9.59 Å². The van der Waals surface area contributed by atoms with Crippen LogP contribution >= 0.6 is 0 Å². The Kier molecular flexibility index (Phi) is 4.45. The molecule has 6 heteroatoms. The van der Waals surface area contributed by atoms with E-state index in [0.29, 0.717) is 19.5 Å². The number of carbonyl (C=O) groups is 2. The molecule has 2 amide bonds. The molecule has 3 aliphatic heterocycles. The molecular formula is C15H25N3O3. The Balaban J connectivity index is 1.67. The van der Waals surface area contributed by atoms with Crippen molar-refractivity contribution >= 4 is 11.8 Å². The summed E-state index contributed by atoms with van der Waals surface area (Å²) in [5.74, 6) is 0.259. The van der Waals surface area contributed by atoms with Crippen molar-refractivity contribution in [2.45, 2.75) is 37.8 Å². The highest BCUT2D eigenvalue weighted by molar-refractivity contribution is 5.90. The van der Waals surface area contributed by atoms with E-state index in [1.807, 2.05) is 4.90 Å². The minimum Gasteiger partial charge on any atom is -0.374 e. The van der Waals surface area contributed by atoms with Crippen LogP contribution in [0.4, 0.5) is 0 Å². The summed E-state index contributed by atoms with van der Waals surface area (Å²) in [6.45, 7) is 4.41. The minimum absolute atomic E-state index is 0.0675. The first-order valence-electron chi connectivity index (χ1n) is 8.03. The van der Waals surface area contributed by atoms with E-state index in [2.05, 4.69) is 11.9 Å². The Morgan fingerprint density at radius 3 is 2.86 bits per heavy atom. The zero-order chi connectivity index (χ0) is 14.8. The quantitative estimate of drug-likeness (QED) is 0.716. The highest BCUT2D eigenvalue weighted by atomic mass is 16.5. The monoisotopic (exact) mass is 295 g/mol. The fraction of sp³-hybridized carbons (Fsp3) is 0.867. The molecule has 6 nitrogen and oxygen atoms in total. The molecule has 0 radical (unpaired) electrons. The van der Waals surface area contributed by atoms with Gasteiger partial charge in [-0.25, -0.2) is 0 Å². The summed E-state index contributed by atoms with van der Waals surface area (Å²) in [6, 6.07) is -0.227. The molecule has 3 rings (SSSR count). The van der Waals surface area contributed by atoms with Crippen LogP contribution in [0.5, 0.6) is 0 Å². The number of fused-ring (bicyclic) bond motifs is 1. The summed E-state index contributed by atoms with van der Waals surface area (Å²) in [5.41, 5.74) is 0. The Morgan fingerprint density at radius 1 is 1.19 bits per heavy atom. The highest BCUT2D eigenvalue weighted by Gasteiger charge is 2.38. The van der Waals surface area contributed by atoms with Crippen LogP contribution in [-0.4, -0.2) is 85.0 Å². The van der Waals surface area contributed by atoms with E-state index in [1.165, 1.54) is 0 Å². The van der Waals surface area contributed by atoms with Gasteiger partial charge in [0.25, 0.3) is 0 Å². The number of ether oxygens (including phenoxy) is 1. The van der Waals surface area contributed by atoms with Crippen molar-refractivity contribution in [1.82, 2.24) is 14.7 Å². The SMILES string of the molecule is CN1CCOC(CN2CCC(=O)N3CCCCC3C2=O)C1. The lowest BCUT2D eigenvalue weighted by Crippen LogP contribution is -2.52. The molecule has 0 aliphatic carbocycles. The summed E-state index contributed by atoms with van der Waals surface area (Å²) in [7, 11) is 2.08. The van der Waals surface area contributed by atoms with Gasteiger partial charge < -0.3 is 19.4 Å². The molecular weight excluding hydrogens is 270 g/mol. The van der Waals surface area contributed by atoms with Crippen LogP contribution in [0, 0.1) is 0 Å². The number of likely N-dealkylation sites (N-methyl/N-ethyl adjacent to an activating group) is 1. The first kappa shape index (κ1) is 14.8. The third-order valence-electron chi connectivity index (χ3n) is 4.78. The van der Waals surface area contributed by atoms with Crippen LogP contribution in [-0.2, 0) is 14.3 Å². The van der Waals surface area contributed by atoms with Gasteiger partial charge in [0.1, 0.15) is 6.04 Å². The van der Waals surface area contributed by atoms with Gasteiger partial charge in [-0.1, -0.05) is 0 Å². The van der Waals surface area contributed by atoms with Crippen molar-refractivity contribution < 1.29 is 14.3 Å². The van der Waals surface area contributed by atoms with E-state index in [-0.39, 0.29) is 24.0 Å². The average molecular weight is 295 g/mol. The topological polar surface area (TPSA) is 53.1 Å². The number of piperidine rings is 1. The Hall–Kier alpha value is -1.14. The normalized spacial score (nSPS) is 32.0. The third-order valence-corrected chi connectivity index (χ3v) is 4.78. The maximum absolute atomic E-state index is 12.7. The molecule has 3 saturated heterocycles. The van der Waals surface area contributed by atoms with Crippen LogP contribution in [0.2, 0.25) is 0 Å². The summed E-state index contributed by atoms with van der Waals surface area (Å²) in [6.07, 6.45) is 3.39. The van der Waals surface area contributed by atoms with Gasteiger partial charge in [0.05, 0.1) is 12.7 Å². The smallest absolute Gasteiger partial charge is 0.245 e. The molecule has 21 heavy (non-hydrogen) atoms. The second kappa shape index (κ2) is 6.32. The predicted molar refractivity (Wildman–Crippen MR) is 77.8 cm³/mol. The second-order valence-corrected chi connectivity index (χ2v) is 6.39. The fourth-order valence-electron chi connectivity index (χ4n) is 3.59. The molecule has 0 bridgehead atoms. The summed E-state index contributed by atoms with van der Waals surface area (Å²) in [4.78, 5) is 30.8. The lowest BCUT2D eigenvalue weighted by atomic mass is 10.0. The van der Waals surface area contributed by atoms with E-state index in [4.69, 9.17) is 4.74 Å². The number of hydrogen-bond acceptors (Lipinski definition) is 4. The number of hydrogen-bond donors (Lipinski definition) is 0. The largest absolute Gasteiger partial charge is 0.374 e. The van der Waals surface area contributed by atoms with Crippen molar-refractivity contribution in [3.05, 3.63) is 0 Å². The zero-order valence-electron chi connectivity index (χ0n) is 12.8. The van der Waals surface area contributed by atoms with Gasteiger partial charge >= 0.3 is 0 Å². The lowest BCUT2D eigenvalue weighted by molar-refractivity contribution is -0.144.